The van der Waals surface area contributed by atoms with E-state index in [2.05, 4.69) is 5.32 Å². The Morgan fingerprint density at radius 3 is 2.47 bits per heavy atom. The molecule has 5 rings (SSSR count). The number of carbonyl (C=O) groups is 2. The smallest absolute Gasteiger partial charge is 0.262 e. The molecule has 34 heavy (non-hydrogen) atoms. The Labute approximate surface area is 198 Å². The maximum atomic E-state index is 13.5. The van der Waals surface area contributed by atoms with Crippen molar-refractivity contribution in [2.24, 2.45) is 0 Å². The summed E-state index contributed by atoms with van der Waals surface area (Å²) in [5.74, 6) is 0.900. The third kappa shape index (κ3) is 4.17. The van der Waals surface area contributed by atoms with Crippen LogP contribution in [0.3, 0.4) is 0 Å². The third-order valence-corrected chi connectivity index (χ3v) is 6.27. The van der Waals surface area contributed by atoms with Crippen molar-refractivity contribution in [2.45, 2.75) is 19.0 Å². The van der Waals surface area contributed by atoms with Crippen molar-refractivity contribution < 1.29 is 19.1 Å². The van der Waals surface area contributed by atoms with Crippen LogP contribution in [-0.2, 0) is 4.79 Å². The average Bonchev–Trinajstić information content (AvgIpc) is 3.43. The third-order valence-electron chi connectivity index (χ3n) is 6.27. The Kier molecular flexibility index (Phi) is 6.08. The number of carbonyl (C=O) groups excluding carboxylic acids is 2. The molecule has 0 aliphatic carbocycles. The van der Waals surface area contributed by atoms with Gasteiger partial charge in [0.2, 0.25) is 0 Å². The number of hydrogen-bond donors (Lipinski definition) is 1. The molecule has 2 heterocycles. The number of methoxy groups -OCH3 is 1. The molecule has 1 fully saturated rings. The molecule has 2 amide bonds. The zero-order valence-electron chi connectivity index (χ0n) is 19.1. The highest BCUT2D eigenvalue weighted by molar-refractivity contribution is 6.12. The summed E-state index contributed by atoms with van der Waals surface area (Å²) in [5, 5.41) is 3.50. The van der Waals surface area contributed by atoms with Crippen molar-refractivity contribution in [3.8, 4) is 11.5 Å². The van der Waals surface area contributed by atoms with Crippen molar-refractivity contribution in [1.82, 2.24) is 4.90 Å². The lowest BCUT2D eigenvalue weighted by molar-refractivity contribution is -0.132. The van der Waals surface area contributed by atoms with Gasteiger partial charge in [-0.15, -0.1) is 0 Å². The van der Waals surface area contributed by atoms with Gasteiger partial charge in [-0.25, -0.2) is 0 Å². The Balaban J connectivity index is 1.45. The Morgan fingerprint density at radius 2 is 1.71 bits per heavy atom. The van der Waals surface area contributed by atoms with Gasteiger partial charge in [-0.1, -0.05) is 36.4 Å². The standard InChI is InChI=1S/C27H27N3O4/c1-33-24-17-19(13-14-23(24)34-18-25(31)29-15-7-8-16-29)26-28-22-12-6-5-11-21(22)27(32)30(26)20-9-3-2-4-10-20/h2-6,9-14,17,26,28H,7-8,15-16,18H2,1H3/t26-/m1/s1. The fraction of sp³-hybridized carbons (Fsp3) is 0.259. The SMILES string of the molecule is COc1cc([C@@H]2Nc3ccccc3C(=O)N2c2ccccc2)ccc1OCC(=O)N1CCCC1. The normalized spacial score (nSPS) is 17.2. The Hall–Kier alpha value is -4.00. The number of amides is 2. The minimum absolute atomic E-state index is 0.0185. The quantitative estimate of drug-likeness (QED) is 0.592. The summed E-state index contributed by atoms with van der Waals surface area (Å²) < 4.78 is 11.4. The molecule has 0 unspecified atom stereocenters. The van der Waals surface area contributed by atoms with Crippen molar-refractivity contribution >= 4 is 23.2 Å². The van der Waals surface area contributed by atoms with Crippen LogP contribution in [0.2, 0.25) is 0 Å². The first kappa shape index (κ1) is 21.8. The van der Waals surface area contributed by atoms with Crippen LogP contribution in [0.1, 0.15) is 34.9 Å². The van der Waals surface area contributed by atoms with Crippen molar-refractivity contribution in [3.63, 3.8) is 0 Å². The van der Waals surface area contributed by atoms with Crippen molar-refractivity contribution in [1.29, 1.82) is 0 Å². The first-order valence-corrected chi connectivity index (χ1v) is 11.5. The van der Waals surface area contributed by atoms with Gasteiger partial charge >= 0.3 is 0 Å². The number of nitrogens with zero attached hydrogens (tertiary/aromatic N) is 2. The Morgan fingerprint density at radius 1 is 0.971 bits per heavy atom. The minimum Gasteiger partial charge on any atom is -0.493 e. The van der Waals surface area contributed by atoms with E-state index < -0.39 is 6.17 Å². The van der Waals surface area contributed by atoms with Gasteiger partial charge in [0.1, 0.15) is 6.17 Å². The molecule has 2 aliphatic heterocycles. The molecular formula is C27H27N3O4. The molecule has 3 aromatic rings. The number of ether oxygens (including phenoxy) is 2. The summed E-state index contributed by atoms with van der Waals surface area (Å²) in [6.07, 6.45) is 1.63. The predicted molar refractivity (Wildman–Crippen MR) is 130 cm³/mol. The van der Waals surface area contributed by atoms with Crippen LogP contribution in [0, 0.1) is 0 Å². The second-order valence-corrected chi connectivity index (χ2v) is 8.39. The molecule has 1 N–H and O–H groups in total. The first-order valence-electron chi connectivity index (χ1n) is 11.5. The van der Waals surface area contributed by atoms with Gasteiger partial charge in [-0.05, 0) is 54.8 Å². The highest BCUT2D eigenvalue weighted by Crippen LogP contribution is 2.39. The summed E-state index contributed by atoms with van der Waals surface area (Å²) in [7, 11) is 1.57. The van der Waals surface area contributed by atoms with E-state index in [0.29, 0.717) is 17.1 Å². The van der Waals surface area contributed by atoms with Crippen LogP contribution in [-0.4, -0.2) is 43.5 Å². The second-order valence-electron chi connectivity index (χ2n) is 8.39. The maximum absolute atomic E-state index is 13.5. The molecule has 1 atom stereocenters. The van der Waals surface area contributed by atoms with E-state index >= 15 is 0 Å². The summed E-state index contributed by atoms with van der Waals surface area (Å²) in [6, 6.07) is 22.6. The molecule has 1 saturated heterocycles. The highest BCUT2D eigenvalue weighted by atomic mass is 16.5. The predicted octanol–water partition coefficient (Wildman–Crippen LogP) is 4.47. The number of rotatable bonds is 6. The van der Waals surface area contributed by atoms with Gasteiger partial charge < -0.3 is 19.7 Å². The van der Waals surface area contributed by atoms with Crippen LogP contribution in [0.5, 0.6) is 11.5 Å². The van der Waals surface area contributed by atoms with Crippen LogP contribution in [0.4, 0.5) is 11.4 Å². The van der Waals surface area contributed by atoms with E-state index in [9.17, 15) is 9.59 Å². The molecule has 7 heteroatoms. The van der Waals surface area contributed by atoms with E-state index in [1.54, 1.807) is 18.1 Å². The van der Waals surface area contributed by atoms with Crippen molar-refractivity contribution in [3.05, 3.63) is 83.9 Å². The Bertz CT molecular complexity index is 1190. The lowest BCUT2D eigenvalue weighted by Crippen LogP contribution is -2.43. The average molecular weight is 458 g/mol. The number of para-hydroxylation sites is 2. The van der Waals surface area contributed by atoms with E-state index in [1.165, 1.54) is 0 Å². The highest BCUT2D eigenvalue weighted by Gasteiger charge is 2.34. The zero-order valence-corrected chi connectivity index (χ0v) is 19.1. The van der Waals surface area contributed by atoms with Gasteiger partial charge in [-0.3, -0.25) is 14.5 Å². The van der Waals surface area contributed by atoms with Crippen LogP contribution >= 0.6 is 0 Å². The number of nitrogens with one attached hydrogen (secondary N) is 1. The number of anilines is 2. The van der Waals surface area contributed by atoms with Crippen LogP contribution in [0.15, 0.2) is 72.8 Å². The summed E-state index contributed by atoms with van der Waals surface area (Å²) in [6.45, 7) is 1.55. The van der Waals surface area contributed by atoms with Crippen LogP contribution in [0.25, 0.3) is 0 Å². The molecule has 0 spiro atoms. The van der Waals surface area contributed by atoms with E-state index in [1.807, 2.05) is 71.6 Å². The molecular weight excluding hydrogens is 430 g/mol. The van der Waals surface area contributed by atoms with E-state index in [-0.39, 0.29) is 18.4 Å². The lowest BCUT2D eigenvalue weighted by Gasteiger charge is -2.38. The van der Waals surface area contributed by atoms with Gasteiger partial charge in [-0.2, -0.15) is 0 Å². The van der Waals surface area contributed by atoms with Crippen LogP contribution < -0.4 is 19.7 Å². The maximum Gasteiger partial charge on any atom is 0.262 e. The van der Waals surface area contributed by atoms with Gasteiger partial charge in [0.05, 0.1) is 12.7 Å². The monoisotopic (exact) mass is 457 g/mol. The zero-order chi connectivity index (χ0) is 23.5. The minimum atomic E-state index is -0.445. The molecule has 7 nitrogen and oxygen atoms in total. The summed E-state index contributed by atoms with van der Waals surface area (Å²) in [5.41, 5.74) is 3.02. The van der Waals surface area contributed by atoms with E-state index in [0.717, 1.165) is 42.9 Å². The second kappa shape index (κ2) is 9.47. The first-order chi connectivity index (χ1) is 16.7. The molecule has 0 radical (unpaired) electrons. The summed E-state index contributed by atoms with van der Waals surface area (Å²) >= 11 is 0. The van der Waals surface area contributed by atoms with Crippen molar-refractivity contribution in [2.75, 3.05) is 37.0 Å². The largest absolute Gasteiger partial charge is 0.493 e. The number of likely N-dealkylation sites (tertiary alicyclic amines) is 1. The lowest BCUT2D eigenvalue weighted by atomic mass is 10.0. The molecule has 0 saturated carbocycles. The number of fused-ring (bicyclic) bond motifs is 1. The number of benzene rings is 3. The molecule has 174 valence electrons. The molecule has 3 aromatic carbocycles. The van der Waals surface area contributed by atoms with Gasteiger partial charge in [0.25, 0.3) is 11.8 Å². The molecule has 0 bridgehead atoms. The fourth-order valence-corrected chi connectivity index (χ4v) is 4.51. The topological polar surface area (TPSA) is 71.1 Å². The van der Waals surface area contributed by atoms with E-state index in [4.69, 9.17) is 9.47 Å². The van der Waals surface area contributed by atoms with Gasteiger partial charge in [0, 0.05) is 24.5 Å². The fourth-order valence-electron chi connectivity index (χ4n) is 4.51. The summed E-state index contributed by atoms with van der Waals surface area (Å²) in [4.78, 5) is 29.5. The molecule has 0 aromatic heterocycles. The van der Waals surface area contributed by atoms with Gasteiger partial charge in [0.15, 0.2) is 18.1 Å². The molecule has 2 aliphatic rings. The number of hydrogen-bond acceptors (Lipinski definition) is 5.